The monoisotopic (exact) mass is 992 g/mol. The van der Waals surface area contributed by atoms with E-state index in [9.17, 15) is 9.59 Å². The van der Waals surface area contributed by atoms with Gasteiger partial charge in [0.05, 0.1) is 13.7 Å². The number of benzene rings is 1. The number of methoxy groups -OCH3 is 1. The van der Waals surface area contributed by atoms with Crippen LogP contribution in [0.1, 0.15) is 188 Å². The summed E-state index contributed by atoms with van der Waals surface area (Å²) < 4.78 is 5.67. The highest BCUT2D eigenvalue weighted by Crippen LogP contribution is 2.28. The fraction of sp³-hybridized carbons (Fsp3) is 0.735. The predicted octanol–water partition coefficient (Wildman–Crippen LogP) is 11.5. The van der Waals surface area contributed by atoms with Gasteiger partial charge >= 0.3 is 0 Å². The van der Waals surface area contributed by atoms with Crippen molar-refractivity contribution in [2.75, 3.05) is 75.1 Å². The summed E-state index contributed by atoms with van der Waals surface area (Å²) in [5.41, 5.74) is 19.5. The number of aliphatic imine (C=N–C) groups is 1. The van der Waals surface area contributed by atoms with Crippen molar-refractivity contribution in [2.24, 2.45) is 4.99 Å². The number of ether oxygens (including phenoxy) is 1. The van der Waals surface area contributed by atoms with Gasteiger partial charge in [-0.15, -0.1) is 0 Å². The highest BCUT2D eigenvalue weighted by molar-refractivity contribution is 14.1. The Kier molecular flexibility index (Phi) is 44.7. The number of unbranched alkanes of at least 4 members (excludes halogenated alkanes) is 17. The van der Waals surface area contributed by atoms with Gasteiger partial charge < -0.3 is 41.4 Å². The van der Waals surface area contributed by atoms with Crippen LogP contribution >= 0.6 is 22.4 Å². The molecule has 3 rings (SSSR count). The molecule has 1 aliphatic rings. The summed E-state index contributed by atoms with van der Waals surface area (Å²) in [4.78, 5) is 39.9. The van der Waals surface area contributed by atoms with Gasteiger partial charge in [-0.3, -0.25) is 9.79 Å². The first-order valence-corrected chi connectivity index (χ1v) is 25.8. The van der Waals surface area contributed by atoms with E-state index in [1.807, 2.05) is 51.8 Å². The zero-order valence-corrected chi connectivity index (χ0v) is 43.4. The molecule has 0 spiro atoms. The Morgan fingerprint density at radius 3 is 1.87 bits per heavy atom. The maximum atomic E-state index is 12.5. The summed E-state index contributed by atoms with van der Waals surface area (Å²) in [6.07, 6.45) is 28.8. The zero-order valence-electron chi connectivity index (χ0n) is 41.3. The molecule has 1 fully saturated rings. The van der Waals surface area contributed by atoms with E-state index in [0.717, 1.165) is 101 Å². The van der Waals surface area contributed by atoms with Gasteiger partial charge in [0, 0.05) is 69.1 Å². The number of nitrogen functional groups attached to an aromatic ring is 2. The maximum absolute atomic E-state index is 12.5. The van der Waals surface area contributed by atoms with Crippen LogP contribution in [0.3, 0.4) is 0 Å². The molecule has 12 nitrogen and oxygen atoms in total. The van der Waals surface area contributed by atoms with Crippen LogP contribution in [0.5, 0.6) is 5.75 Å². The molecule has 1 aromatic carbocycles. The molecule has 0 atom stereocenters. The molecule has 63 heavy (non-hydrogen) atoms. The minimum atomic E-state index is 0.150. The second-order valence-corrected chi connectivity index (χ2v) is 15.3. The summed E-state index contributed by atoms with van der Waals surface area (Å²) in [7, 11) is 3.60. The molecule has 1 aromatic heterocycles. The largest absolute Gasteiger partial charge is 0.496 e. The lowest BCUT2D eigenvalue weighted by atomic mass is 10.0. The molecule has 2 radical (unpaired) electrons. The van der Waals surface area contributed by atoms with Gasteiger partial charge in [0.1, 0.15) is 23.4 Å². The van der Waals surface area contributed by atoms with Crippen LogP contribution in [0.2, 0.25) is 0 Å². The lowest BCUT2D eigenvalue weighted by molar-refractivity contribution is -0.131. The van der Waals surface area contributed by atoms with Gasteiger partial charge in [0.25, 0.3) is 0 Å². The normalized spacial score (nSPS) is 11.8. The second-order valence-electron chi connectivity index (χ2n) is 15.3. The van der Waals surface area contributed by atoms with Gasteiger partial charge in [-0.1, -0.05) is 144 Å². The summed E-state index contributed by atoms with van der Waals surface area (Å²) in [6.45, 7) is 17.6. The smallest absolute Gasteiger partial charge is 0.222 e. The topological polar surface area (TPSA) is 164 Å². The van der Waals surface area contributed by atoms with Crippen molar-refractivity contribution < 1.29 is 14.3 Å². The Hall–Kier alpha value is -3.14. The Morgan fingerprint density at radius 1 is 0.794 bits per heavy atom. The third-order valence-corrected chi connectivity index (χ3v) is 10.6. The fourth-order valence-electron chi connectivity index (χ4n) is 6.96. The number of nitrogens with one attached hydrogen (secondary N) is 2. The van der Waals surface area contributed by atoms with Crippen LogP contribution in [0.15, 0.2) is 23.2 Å². The SMILES string of the molecule is CC.CC.CCCCCCCCCCCCCCCCCC=O.CCCCNc1nc(N)nc(C=NCc2ccc(N3CCN(C(=O)CCCCNC)CC3)cc2OC)c1N.[B]I. The van der Waals surface area contributed by atoms with E-state index in [0.29, 0.717) is 30.2 Å². The number of anilines is 4. The standard InChI is InChI=1S/C27H43N9O2.C18H36O.2C2H6.BI/c1-4-5-12-32-26-25(28)22(33-27(29)34-26)19-31-18-20-9-10-21(17-23(20)38-3)35-13-15-36(16-14-35)24(37)8-6-7-11-30-2;1-2-3-4-5-6-7-8-9-10-11-12-13-14-15-16-17-18-19;3*1-2/h9-10,17,19,30H,4-8,11-16,18,28H2,1-3H3,(H3,29,32,33,34);18H,2-17H2,1H3;2*1-2H3;. The summed E-state index contributed by atoms with van der Waals surface area (Å²) in [5.74, 6) is 1.70. The van der Waals surface area contributed by atoms with Crippen LogP contribution in [0, 0.1) is 0 Å². The predicted molar refractivity (Wildman–Crippen MR) is 283 cm³/mol. The minimum Gasteiger partial charge on any atom is -0.496 e. The maximum Gasteiger partial charge on any atom is 0.222 e. The molecule has 0 unspecified atom stereocenters. The summed E-state index contributed by atoms with van der Waals surface area (Å²) >= 11 is 1.65. The average molecular weight is 992 g/mol. The third kappa shape index (κ3) is 30.6. The second kappa shape index (κ2) is 45.4. The number of carbonyl (C=O) groups is 2. The van der Waals surface area contributed by atoms with Crippen LogP contribution in [-0.4, -0.2) is 92.4 Å². The number of piperazine rings is 1. The Labute approximate surface area is 400 Å². The molecular formula is C49H91BIN9O3. The lowest BCUT2D eigenvalue weighted by Crippen LogP contribution is -2.48. The number of nitrogens with two attached hydrogens (primary N) is 2. The molecule has 360 valence electrons. The molecule has 1 amide bonds. The van der Waals surface area contributed by atoms with E-state index in [1.54, 1.807) is 35.7 Å². The molecular weight excluding hydrogens is 900 g/mol. The molecule has 0 saturated carbocycles. The van der Waals surface area contributed by atoms with Crippen molar-refractivity contribution in [3.63, 3.8) is 0 Å². The number of rotatable bonds is 30. The number of carbonyl (C=O) groups excluding carboxylic acids is 2. The van der Waals surface area contributed by atoms with Crippen molar-refractivity contribution in [3.8, 4) is 5.75 Å². The van der Waals surface area contributed by atoms with E-state index in [-0.39, 0.29) is 11.9 Å². The number of aromatic nitrogens is 2. The molecule has 1 saturated heterocycles. The number of amides is 1. The summed E-state index contributed by atoms with van der Waals surface area (Å²) in [6, 6.07) is 6.14. The number of hydrogen-bond acceptors (Lipinski definition) is 11. The zero-order chi connectivity index (χ0) is 47.4. The molecule has 6 N–H and O–H groups in total. The number of nitrogens with zero attached hydrogens (tertiary/aromatic N) is 5. The van der Waals surface area contributed by atoms with E-state index in [1.165, 1.54) is 89.9 Å². The lowest BCUT2D eigenvalue weighted by Gasteiger charge is -2.36. The van der Waals surface area contributed by atoms with Crippen LogP contribution in [0.4, 0.5) is 23.1 Å². The van der Waals surface area contributed by atoms with Gasteiger partial charge in [-0.2, -0.15) is 27.4 Å². The molecule has 1 aliphatic heterocycles. The summed E-state index contributed by atoms with van der Waals surface area (Å²) in [5, 5.41) is 6.34. The third-order valence-electron chi connectivity index (χ3n) is 10.6. The van der Waals surface area contributed by atoms with Crippen LogP contribution in [-0.2, 0) is 16.1 Å². The van der Waals surface area contributed by atoms with E-state index in [2.05, 4.69) is 56.1 Å². The van der Waals surface area contributed by atoms with E-state index >= 15 is 0 Å². The highest BCUT2D eigenvalue weighted by Gasteiger charge is 2.21. The van der Waals surface area contributed by atoms with Crippen molar-refractivity contribution in [3.05, 3.63) is 29.5 Å². The molecule has 0 aliphatic carbocycles. The van der Waals surface area contributed by atoms with Crippen molar-refractivity contribution in [1.29, 1.82) is 0 Å². The molecule has 14 heteroatoms. The Bertz CT molecular complexity index is 1400. The number of hydrogen-bond donors (Lipinski definition) is 4. The Balaban J connectivity index is 0. The first-order valence-electron chi connectivity index (χ1n) is 24.5. The first kappa shape index (κ1) is 62.0. The van der Waals surface area contributed by atoms with E-state index < -0.39 is 0 Å². The minimum absolute atomic E-state index is 0.150. The number of halogens is 1. The quantitative estimate of drug-likeness (QED) is 0.0195. The average Bonchev–Trinajstić information content (AvgIpc) is 3.32. The van der Waals surface area contributed by atoms with Gasteiger partial charge in [0.15, 0.2) is 11.5 Å². The van der Waals surface area contributed by atoms with Gasteiger partial charge in [-0.25, -0.2) is 4.98 Å². The van der Waals surface area contributed by atoms with Crippen molar-refractivity contribution in [2.45, 2.75) is 183 Å². The van der Waals surface area contributed by atoms with Crippen molar-refractivity contribution >= 4 is 69.6 Å². The molecule has 2 heterocycles. The van der Waals surface area contributed by atoms with E-state index in [4.69, 9.17) is 16.2 Å². The Morgan fingerprint density at radius 2 is 1.35 bits per heavy atom. The van der Waals surface area contributed by atoms with Gasteiger partial charge in [-0.05, 0) is 45.3 Å². The first-order chi connectivity index (χ1) is 30.9. The van der Waals surface area contributed by atoms with Gasteiger partial charge in [0.2, 0.25) is 11.9 Å². The fourth-order valence-corrected chi connectivity index (χ4v) is 6.96. The number of aldehydes is 1. The van der Waals surface area contributed by atoms with Crippen LogP contribution in [0.25, 0.3) is 0 Å². The van der Waals surface area contributed by atoms with Crippen molar-refractivity contribution in [1.82, 2.24) is 20.2 Å². The molecule has 2 aromatic rings. The highest BCUT2D eigenvalue weighted by atomic mass is 127. The molecule has 0 bridgehead atoms. The van der Waals surface area contributed by atoms with Crippen LogP contribution < -0.4 is 31.7 Å².